The molecule has 0 aliphatic carbocycles. The number of benzene rings is 2. The van der Waals surface area contributed by atoms with Gasteiger partial charge in [0.05, 0.1) is 6.61 Å². The van der Waals surface area contributed by atoms with Crippen LogP contribution in [0.25, 0.3) is 4.96 Å². The third-order valence-corrected chi connectivity index (χ3v) is 12.2. The van der Waals surface area contributed by atoms with Gasteiger partial charge in [-0.05, 0) is 90.3 Å². The van der Waals surface area contributed by atoms with Crippen molar-refractivity contribution in [3.8, 4) is 5.75 Å². The number of likely N-dealkylation sites (tertiary alicyclic amines) is 1. The molecule has 13 nitrogen and oxygen atoms in total. The zero-order valence-electron chi connectivity index (χ0n) is 28.7. The third-order valence-electron chi connectivity index (χ3n) is 10.8. The van der Waals surface area contributed by atoms with Crippen LogP contribution < -0.4 is 25.8 Å². The Hall–Kier alpha value is -4.31. The lowest BCUT2D eigenvalue weighted by Crippen LogP contribution is -2.53. The van der Waals surface area contributed by atoms with Crippen LogP contribution in [0.4, 0.5) is 11.5 Å². The topological polar surface area (TPSA) is 149 Å². The molecule has 4 aromatic rings. The first-order valence-corrected chi connectivity index (χ1v) is 19.4. The monoisotopic (exact) mass is 789 g/mol. The van der Waals surface area contributed by atoms with Crippen LogP contribution in [0.15, 0.2) is 63.3 Å². The maximum atomic E-state index is 13.3. The summed E-state index contributed by atoms with van der Waals surface area (Å²) in [5.41, 5.74) is 2.85. The van der Waals surface area contributed by atoms with E-state index in [9.17, 15) is 24.3 Å². The molecule has 0 bridgehead atoms. The number of nitrogens with zero attached hydrogens (tertiary/aromatic N) is 5. The number of fused-ring (bicyclic) bond motifs is 2. The van der Waals surface area contributed by atoms with Gasteiger partial charge >= 0.3 is 0 Å². The number of halogens is 1. The molecule has 3 fully saturated rings. The van der Waals surface area contributed by atoms with Gasteiger partial charge in [0.15, 0.2) is 11.2 Å². The van der Waals surface area contributed by atoms with Gasteiger partial charge in [-0.2, -0.15) is 0 Å². The molecule has 2 aromatic carbocycles. The fourth-order valence-electron chi connectivity index (χ4n) is 8.22. The molecule has 4 aliphatic heterocycles. The van der Waals surface area contributed by atoms with Crippen LogP contribution in [0, 0.1) is 5.92 Å². The molecule has 0 saturated carbocycles. The maximum Gasteiger partial charge on any atom is 0.275 e. The van der Waals surface area contributed by atoms with E-state index < -0.39 is 24.1 Å². The largest absolute Gasteiger partial charge is 0.494 e. The lowest BCUT2D eigenvalue weighted by atomic mass is 9.88. The average molecular weight is 791 g/mol. The first-order valence-electron chi connectivity index (χ1n) is 17.7. The van der Waals surface area contributed by atoms with Crippen LogP contribution in [0.1, 0.15) is 65.7 Å². The van der Waals surface area contributed by atoms with E-state index in [2.05, 4.69) is 60.5 Å². The van der Waals surface area contributed by atoms with Crippen molar-refractivity contribution in [3.05, 3.63) is 85.6 Å². The second-order valence-electron chi connectivity index (χ2n) is 14.2. The fraction of sp³-hybridized carbons (Fsp3) is 0.432. The highest BCUT2D eigenvalue weighted by molar-refractivity contribution is 9.10. The number of amides is 3. The minimum atomic E-state index is -1.25. The summed E-state index contributed by atoms with van der Waals surface area (Å²) in [6.07, 6.45) is 3.53. The molecule has 3 saturated heterocycles. The van der Waals surface area contributed by atoms with Gasteiger partial charge in [0, 0.05) is 67.0 Å². The molecule has 15 heteroatoms. The summed E-state index contributed by atoms with van der Waals surface area (Å²) in [5, 5.41) is 19.0. The quantitative estimate of drug-likeness (QED) is 0.213. The first-order chi connectivity index (χ1) is 25.1. The molecule has 8 rings (SSSR count). The van der Waals surface area contributed by atoms with E-state index in [1.165, 1.54) is 21.8 Å². The number of aliphatic hydroxyl groups excluding tert-OH is 1. The summed E-state index contributed by atoms with van der Waals surface area (Å²) in [6.45, 7) is 3.91. The molecule has 52 heavy (non-hydrogen) atoms. The molecule has 0 spiro atoms. The number of imide groups is 1. The van der Waals surface area contributed by atoms with Crippen LogP contribution in [0.3, 0.4) is 0 Å². The van der Waals surface area contributed by atoms with E-state index in [1.807, 2.05) is 29.6 Å². The van der Waals surface area contributed by atoms with Gasteiger partial charge in [-0.1, -0.05) is 18.2 Å². The highest BCUT2D eigenvalue weighted by atomic mass is 79.9. The van der Waals surface area contributed by atoms with E-state index in [-0.39, 0.29) is 30.3 Å². The fourth-order valence-corrected chi connectivity index (χ4v) is 9.32. The van der Waals surface area contributed by atoms with E-state index in [1.54, 1.807) is 16.7 Å². The second-order valence-corrected chi connectivity index (χ2v) is 15.9. The molecule has 5 atom stereocenters. The van der Waals surface area contributed by atoms with Crippen molar-refractivity contribution in [1.82, 2.24) is 24.5 Å². The number of rotatable bonds is 9. The Balaban J connectivity index is 0.850. The van der Waals surface area contributed by atoms with Crippen LogP contribution >= 0.6 is 27.3 Å². The summed E-state index contributed by atoms with van der Waals surface area (Å²) in [5.74, 6) is 0.789. The number of carbonyl (C=O) groups is 3. The SMILES string of the molecule is CN1CC(Nc2nc3sccn3c(=O)c2Br)C[C@H](c2ccc(OCCC3CCN(c4cccc5c4C(O)N(C4CCC(=O)NC4=O)C5=O)C3)cc2)C1. The number of ether oxygens (including phenoxy) is 1. The predicted octanol–water partition coefficient (Wildman–Crippen LogP) is 3.97. The van der Waals surface area contributed by atoms with Crippen molar-refractivity contribution in [2.45, 2.75) is 56.3 Å². The molecule has 3 N–H and O–H groups in total. The smallest absolute Gasteiger partial charge is 0.275 e. The van der Waals surface area contributed by atoms with Gasteiger partial charge in [0.1, 0.15) is 22.1 Å². The minimum absolute atomic E-state index is 0.118. The standard InChI is InChI=1S/C37H40BrN7O6S/c1-42-19-23(17-24(20-42)39-32-31(38)36(50)44-14-16-52-37(44)41-32)22-5-7-25(8-6-22)51-15-12-21-11-13-43(18-21)27-4-2-3-26-30(27)35(49)45(34(26)48)28-9-10-29(46)40-33(28)47/h2-8,14,16,21,23-24,28,35,39,49H,9-13,15,17-20H2,1H3,(H,40,46,47)/t21?,23-,24?,28?,35?/m0/s1. The van der Waals surface area contributed by atoms with E-state index >= 15 is 0 Å². The summed E-state index contributed by atoms with van der Waals surface area (Å²) in [7, 11) is 2.12. The van der Waals surface area contributed by atoms with E-state index in [0.717, 1.165) is 56.9 Å². The zero-order chi connectivity index (χ0) is 36.1. The normalized spacial score (nSPS) is 25.1. The summed E-state index contributed by atoms with van der Waals surface area (Å²) < 4.78 is 8.18. The third kappa shape index (κ3) is 6.59. The zero-order valence-corrected chi connectivity index (χ0v) is 31.1. The number of thiazole rings is 1. The summed E-state index contributed by atoms with van der Waals surface area (Å²) in [6, 6.07) is 13.0. The van der Waals surface area contributed by atoms with Gasteiger partial charge in [-0.15, -0.1) is 11.3 Å². The highest BCUT2D eigenvalue weighted by Gasteiger charge is 2.46. The molecule has 4 unspecified atom stereocenters. The van der Waals surface area contributed by atoms with Crippen LogP contribution in [-0.2, 0) is 9.59 Å². The number of carbonyl (C=O) groups excluding carboxylic acids is 3. The van der Waals surface area contributed by atoms with Gasteiger partial charge in [0.25, 0.3) is 11.5 Å². The molecule has 0 radical (unpaired) electrons. The highest BCUT2D eigenvalue weighted by Crippen LogP contribution is 2.42. The molecule has 2 aromatic heterocycles. The Morgan fingerprint density at radius 2 is 1.90 bits per heavy atom. The number of aliphatic hydroxyl groups is 1. The van der Waals surface area contributed by atoms with Crippen molar-refractivity contribution in [2.24, 2.45) is 5.92 Å². The van der Waals surface area contributed by atoms with Crippen molar-refractivity contribution >= 4 is 61.5 Å². The number of likely N-dealkylation sites (N-methyl/N-ethyl adjacent to an activating group) is 1. The number of anilines is 2. The maximum absolute atomic E-state index is 13.3. The van der Waals surface area contributed by atoms with Crippen LogP contribution in [-0.4, -0.2) is 93.9 Å². The molecule has 272 valence electrons. The average Bonchev–Trinajstić information content (AvgIpc) is 3.86. The lowest BCUT2D eigenvalue weighted by Gasteiger charge is -2.36. The number of aromatic nitrogens is 2. The van der Waals surface area contributed by atoms with Gasteiger partial charge in [0.2, 0.25) is 11.8 Å². The molecule has 4 aliphatic rings. The number of nitrogens with one attached hydrogen (secondary N) is 2. The van der Waals surface area contributed by atoms with Crippen molar-refractivity contribution in [1.29, 1.82) is 0 Å². The van der Waals surface area contributed by atoms with Crippen LogP contribution in [0.5, 0.6) is 5.75 Å². The number of piperidine rings is 2. The minimum Gasteiger partial charge on any atom is -0.494 e. The van der Waals surface area contributed by atoms with Gasteiger partial charge in [-0.25, -0.2) is 4.98 Å². The van der Waals surface area contributed by atoms with Gasteiger partial charge < -0.3 is 25.0 Å². The first kappa shape index (κ1) is 34.8. The van der Waals surface area contributed by atoms with Crippen molar-refractivity contribution in [3.63, 3.8) is 0 Å². The number of hydrogen-bond donors (Lipinski definition) is 3. The number of hydrogen-bond acceptors (Lipinski definition) is 11. The molecular formula is C37H40BrN7O6S. The lowest BCUT2D eigenvalue weighted by molar-refractivity contribution is -0.139. The molecule has 6 heterocycles. The molecular weight excluding hydrogens is 750 g/mol. The van der Waals surface area contributed by atoms with Gasteiger partial charge in [-0.3, -0.25) is 33.8 Å². The Labute approximate surface area is 312 Å². The van der Waals surface area contributed by atoms with Crippen LogP contribution in [0.2, 0.25) is 0 Å². The second kappa shape index (κ2) is 14.3. The predicted molar refractivity (Wildman–Crippen MR) is 200 cm³/mol. The summed E-state index contributed by atoms with van der Waals surface area (Å²) >= 11 is 4.89. The summed E-state index contributed by atoms with van der Waals surface area (Å²) in [4.78, 5) is 61.4. The Morgan fingerprint density at radius 3 is 2.71 bits per heavy atom. The Bertz CT molecular complexity index is 2090. The Kier molecular flexibility index (Phi) is 9.53. The van der Waals surface area contributed by atoms with E-state index in [4.69, 9.17) is 4.74 Å². The molecule has 3 amide bonds. The van der Waals surface area contributed by atoms with E-state index in [0.29, 0.717) is 44.8 Å². The van der Waals surface area contributed by atoms with Crippen molar-refractivity contribution in [2.75, 3.05) is 50.1 Å². The van der Waals surface area contributed by atoms with Crippen molar-refractivity contribution < 1.29 is 24.2 Å². The Morgan fingerprint density at radius 1 is 1.08 bits per heavy atom.